The van der Waals surface area contributed by atoms with Gasteiger partial charge in [0.05, 0.1) is 35.6 Å². The summed E-state index contributed by atoms with van der Waals surface area (Å²) in [6, 6.07) is 33.9. The third-order valence-corrected chi connectivity index (χ3v) is 8.53. The maximum absolute atomic E-state index is 14.0. The third kappa shape index (κ3) is 9.33. The Labute approximate surface area is 291 Å². The van der Waals surface area contributed by atoms with Gasteiger partial charge in [0.2, 0.25) is 0 Å². The fourth-order valence-electron chi connectivity index (χ4n) is 5.89. The summed E-state index contributed by atoms with van der Waals surface area (Å²) in [7, 11) is 0. The van der Waals surface area contributed by atoms with E-state index in [1.54, 1.807) is 67.7 Å². The van der Waals surface area contributed by atoms with Crippen LogP contribution in [-0.4, -0.2) is 56.4 Å². The number of amides is 3. The predicted molar refractivity (Wildman–Crippen MR) is 191 cm³/mol. The number of rotatable bonds is 14. The van der Waals surface area contributed by atoms with Crippen LogP contribution in [0.2, 0.25) is 0 Å². The molecule has 0 radical (unpaired) electrons. The Balaban J connectivity index is 1.42. The van der Waals surface area contributed by atoms with Crippen LogP contribution in [0.5, 0.6) is 5.75 Å². The van der Waals surface area contributed by atoms with E-state index in [4.69, 9.17) is 0 Å². The van der Waals surface area contributed by atoms with Crippen LogP contribution in [-0.2, 0) is 19.4 Å². The number of benzene rings is 4. The molecular formula is C40H40N4O6. The van der Waals surface area contributed by atoms with E-state index in [1.807, 2.05) is 60.7 Å². The van der Waals surface area contributed by atoms with Crippen LogP contribution >= 0.6 is 0 Å². The highest BCUT2D eigenvalue weighted by molar-refractivity contribution is 6.03. The molecule has 10 heteroatoms. The lowest BCUT2D eigenvalue weighted by Gasteiger charge is -2.29. The van der Waals surface area contributed by atoms with Gasteiger partial charge in [0.1, 0.15) is 5.75 Å². The van der Waals surface area contributed by atoms with Crippen molar-refractivity contribution in [2.75, 3.05) is 4.90 Å². The molecule has 4 aromatic carbocycles. The Hall–Kier alpha value is -6.00. The Bertz CT molecular complexity index is 1890. The van der Waals surface area contributed by atoms with Crippen LogP contribution in [0.15, 0.2) is 128 Å². The number of aliphatic hydroxyl groups excluding tert-OH is 1. The first-order valence-corrected chi connectivity index (χ1v) is 16.3. The van der Waals surface area contributed by atoms with E-state index < -0.39 is 36.1 Å². The lowest BCUT2D eigenvalue weighted by molar-refractivity contribution is 0.0755. The van der Waals surface area contributed by atoms with Gasteiger partial charge in [0.25, 0.3) is 11.8 Å². The van der Waals surface area contributed by atoms with Gasteiger partial charge >= 0.3 is 6.09 Å². The van der Waals surface area contributed by atoms with Crippen LogP contribution in [0.1, 0.15) is 49.5 Å². The van der Waals surface area contributed by atoms with Gasteiger partial charge in [0.15, 0.2) is 0 Å². The minimum absolute atomic E-state index is 0.00436. The van der Waals surface area contributed by atoms with Crippen molar-refractivity contribution < 1.29 is 29.7 Å². The van der Waals surface area contributed by atoms with Crippen molar-refractivity contribution in [1.29, 1.82) is 0 Å². The fourth-order valence-corrected chi connectivity index (χ4v) is 5.89. The van der Waals surface area contributed by atoms with E-state index in [9.17, 15) is 29.7 Å². The number of hydrogen-bond acceptors (Lipinski definition) is 6. The quantitative estimate of drug-likeness (QED) is 0.0983. The molecule has 0 aliphatic carbocycles. The SMILES string of the molecule is Cc1c(O)cccc1C(=O)N[C@@H](Cc1ccccc1)C[C@H](O)[C@H](Cc1ccccc1)NC(=O)c1ccccc1N(Cc1ccccn1)C(=O)O. The van der Waals surface area contributed by atoms with Crippen molar-refractivity contribution >= 4 is 23.6 Å². The molecule has 5 N–H and O–H groups in total. The second-order valence-electron chi connectivity index (χ2n) is 12.1. The van der Waals surface area contributed by atoms with Gasteiger partial charge in [-0.2, -0.15) is 0 Å². The molecule has 5 aromatic rings. The first kappa shape index (κ1) is 35.3. The molecule has 0 saturated carbocycles. The van der Waals surface area contributed by atoms with Gasteiger partial charge in [0, 0.05) is 23.4 Å². The second kappa shape index (κ2) is 16.9. The van der Waals surface area contributed by atoms with E-state index in [2.05, 4.69) is 15.6 Å². The number of aromatic hydroxyl groups is 1. The van der Waals surface area contributed by atoms with Crippen molar-refractivity contribution in [3.8, 4) is 5.75 Å². The first-order valence-electron chi connectivity index (χ1n) is 16.3. The van der Waals surface area contributed by atoms with Crippen LogP contribution in [0, 0.1) is 6.92 Å². The molecule has 1 aromatic heterocycles. The monoisotopic (exact) mass is 672 g/mol. The highest BCUT2D eigenvalue weighted by atomic mass is 16.4. The van der Waals surface area contributed by atoms with E-state index in [-0.39, 0.29) is 36.4 Å². The molecule has 0 bridgehead atoms. The highest BCUT2D eigenvalue weighted by Gasteiger charge is 2.29. The minimum atomic E-state index is -1.25. The van der Waals surface area contributed by atoms with Crippen molar-refractivity contribution in [2.24, 2.45) is 0 Å². The molecule has 50 heavy (non-hydrogen) atoms. The van der Waals surface area contributed by atoms with Crippen LogP contribution in [0.4, 0.5) is 10.5 Å². The van der Waals surface area contributed by atoms with Gasteiger partial charge in [-0.1, -0.05) is 84.9 Å². The summed E-state index contributed by atoms with van der Waals surface area (Å²) in [5.41, 5.74) is 3.36. The third-order valence-electron chi connectivity index (χ3n) is 8.53. The number of carbonyl (C=O) groups is 3. The normalized spacial score (nSPS) is 12.7. The topological polar surface area (TPSA) is 152 Å². The summed E-state index contributed by atoms with van der Waals surface area (Å²) >= 11 is 0. The highest BCUT2D eigenvalue weighted by Crippen LogP contribution is 2.24. The van der Waals surface area contributed by atoms with Gasteiger partial charge in [-0.15, -0.1) is 0 Å². The Morgan fingerprint density at radius 3 is 1.98 bits per heavy atom. The molecule has 3 amide bonds. The number of aliphatic hydroxyl groups is 1. The summed E-state index contributed by atoms with van der Waals surface area (Å²) in [6.45, 7) is 1.59. The van der Waals surface area contributed by atoms with E-state index in [1.165, 1.54) is 6.07 Å². The number of aromatic nitrogens is 1. The molecule has 0 aliphatic rings. The summed E-state index contributed by atoms with van der Waals surface area (Å²) in [6.07, 6.45) is -0.0598. The molecular weight excluding hydrogens is 632 g/mol. The standard InChI is InChI=1S/C40H40N4O6/c1-27-32(19-12-21-36(27)45)38(47)42-31(23-28-13-4-2-5-14-28)25-37(46)34(24-29-15-6-3-7-16-29)43-39(48)33-18-8-9-20-35(33)44(40(49)50)26-30-17-10-11-22-41-30/h2-22,31,34,37,45-46H,23-26H2,1H3,(H,42,47)(H,43,48)(H,49,50)/t31-,34-,37-/m0/s1. The van der Waals surface area contributed by atoms with Crippen molar-refractivity contribution in [3.63, 3.8) is 0 Å². The summed E-state index contributed by atoms with van der Waals surface area (Å²) in [5, 5.41) is 38.2. The number of para-hydroxylation sites is 1. The van der Waals surface area contributed by atoms with Crippen LogP contribution < -0.4 is 15.5 Å². The van der Waals surface area contributed by atoms with Gasteiger partial charge < -0.3 is 26.0 Å². The van der Waals surface area contributed by atoms with Crippen LogP contribution in [0.3, 0.4) is 0 Å². The molecule has 0 aliphatic heterocycles. The zero-order chi connectivity index (χ0) is 35.5. The smallest absolute Gasteiger partial charge is 0.412 e. The van der Waals surface area contributed by atoms with Crippen molar-refractivity contribution in [2.45, 2.75) is 50.9 Å². The van der Waals surface area contributed by atoms with E-state index in [0.29, 0.717) is 23.2 Å². The molecule has 5 rings (SSSR count). The summed E-state index contributed by atoms with van der Waals surface area (Å²) < 4.78 is 0. The molecule has 3 atom stereocenters. The number of anilines is 1. The Morgan fingerprint density at radius 2 is 1.32 bits per heavy atom. The molecule has 256 valence electrons. The molecule has 0 saturated heterocycles. The minimum Gasteiger partial charge on any atom is -0.508 e. The van der Waals surface area contributed by atoms with Crippen molar-refractivity contribution in [1.82, 2.24) is 15.6 Å². The number of hydrogen-bond donors (Lipinski definition) is 5. The number of pyridine rings is 1. The number of carbonyl (C=O) groups excluding carboxylic acids is 2. The largest absolute Gasteiger partial charge is 0.508 e. The summed E-state index contributed by atoms with van der Waals surface area (Å²) in [4.78, 5) is 45.2. The number of nitrogens with zero attached hydrogens (tertiary/aromatic N) is 2. The molecule has 0 spiro atoms. The molecule has 0 unspecified atom stereocenters. The molecule has 1 heterocycles. The molecule has 10 nitrogen and oxygen atoms in total. The van der Waals surface area contributed by atoms with Crippen LogP contribution in [0.25, 0.3) is 0 Å². The predicted octanol–water partition coefficient (Wildman–Crippen LogP) is 5.91. The fraction of sp³-hybridized carbons (Fsp3) is 0.200. The maximum Gasteiger partial charge on any atom is 0.412 e. The number of nitrogens with one attached hydrogen (secondary N) is 2. The zero-order valence-corrected chi connectivity index (χ0v) is 27.6. The lowest BCUT2D eigenvalue weighted by Crippen LogP contribution is -2.49. The van der Waals surface area contributed by atoms with E-state index in [0.717, 1.165) is 16.0 Å². The zero-order valence-electron chi connectivity index (χ0n) is 27.6. The summed E-state index contributed by atoms with van der Waals surface area (Å²) in [5.74, 6) is -0.956. The number of phenolic OH excluding ortho intramolecular Hbond substituents is 1. The Morgan fingerprint density at radius 1 is 0.720 bits per heavy atom. The lowest BCUT2D eigenvalue weighted by atomic mass is 9.93. The Kier molecular flexibility index (Phi) is 11.9. The number of carboxylic acid groups (broad SMARTS) is 1. The van der Waals surface area contributed by atoms with Gasteiger partial charge in [-0.05, 0) is 73.7 Å². The van der Waals surface area contributed by atoms with E-state index >= 15 is 0 Å². The van der Waals surface area contributed by atoms with Gasteiger partial charge in [-0.3, -0.25) is 19.5 Å². The number of phenols is 1. The van der Waals surface area contributed by atoms with Gasteiger partial charge in [-0.25, -0.2) is 4.79 Å². The average Bonchev–Trinajstić information content (AvgIpc) is 3.12. The average molecular weight is 673 g/mol. The molecule has 0 fully saturated rings. The first-order chi connectivity index (χ1) is 24.2. The maximum atomic E-state index is 14.0. The second-order valence-corrected chi connectivity index (χ2v) is 12.1. The van der Waals surface area contributed by atoms with Crippen molar-refractivity contribution in [3.05, 3.63) is 161 Å².